The lowest BCUT2D eigenvalue weighted by Gasteiger charge is -2.67. The number of rotatable bonds is 8. The summed E-state index contributed by atoms with van der Waals surface area (Å²) >= 11 is 0. The van der Waals surface area contributed by atoms with Gasteiger partial charge in [0, 0.05) is 31.1 Å². The minimum atomic E-state index is -2.34. The lowest BCUT2D eigenvalue weighted by atomic mass is 9.45. The first kappa shape index (κ1) is 33.7. The fraction of sp³-hybridized carbons (Fsp3) is 0.657. The largest absolute Gasteiger partial charge is 0.455 e. The van der Waals surface area contributed by atoms with Gasteiger partial charge in [0.05, 0.1) is 29.6 Å². The molecular weight excluding hydrogens is 592 g/mol. The summed E-state index contributed by atoms with van der Waals surface area (Å²) in [5.41, 5.74) is -5.20. The second kappa shape index (κ2) is 11.5. The highest BCUT2D eigenvalue weighted by molar-refractivity contribution is 6.73. The van der Waals surface area contributed by atoms with Gasteiger partial charge in [-0.1, -0.05) is 59.7 Å². The highest BCUT2D eigenvalue weighted by atomic mass is 28.4. The molecule has 5 rings (SSSR count). The Kier molecular flexibility index (Phi) is 8.64. The molecule has 8 atom stereocenters. The molecule has 246 valence electrons. The van der Waals surface area contributed by atoms with Crippen LogP contribution in [-0.2, 0) is 33.0 Å². The van der Waals surface area contributed by atoms with Crippen LogP contribution in [0.15, 0.2) is 42.0 Å². The van der Waals surface area contributed by atoms with E-state index in [1.807, 2.05) is 0 Å². The van der Waals surface area contributed by atoms with Crippen molar-refractivity contribution in [3.8, 4) is 0 Å². The van der Waals surface area contributed by atoms with Gasteiger partial charge in [-0.15, -0.1) is 0 Å². The number of hydrogen-bond acceptors (Lipinski definition) is 9. The van der Waals surface area contributed by atoms with E-state index in [0.29, 0.717) is 12.0 Å². The molecule has 4 aliphatic rings. The Morgan fingerprint density at radius 1 is 1.04 bits per heavy atom. The zero-order valence-electron chi connectivity index (χ0n) is 27.8. The molecule has 1 aliphatic heterocycles. The third-order valence-electron chi connectivity index (χ3n) is 12.0. The summed E-state index contributed by atoms with van der Waals surface area (Å²) < 4.78 is 25.8. The van der Waals surface area contributed by atoms with Gasteiger partial charge in [0.1, 0.15) is 23.6 Å². The third-order valence-corrected chi connectivity index (χ3v) is 16.7. The smallest absolute Gasteiger partial charge is 0.338 e. The first-order valence-corrected chi connectivity index (χ1v) is 18.9. The van der Waals surface area contributed by atoms with Gasteiger partial charge in [-0.2, -0.15) is 0 Å². The maximum absolute atomic E-state index is 15.0. The first-order valence-electron chi connectivity index (χ1n) is 16.3. The topological polar surface area (TPSA) is 125 Å². The number of carbonyl (C=O) groups excluding carboxylic acids is 4. The normalized spacial score (nSPS) is 38.3. The number of aliphatic hydroxyl groups is 1. The van der Waals surface area contributed by atoms with Crippen molar-refractivity contribution in [3.05, 3.63) is 47.5 Å². The number of fused-ring (bicyclic) bond motifs is 5. The number of allylic oxidation sites excluding steroid dienone is 1. The average Bonchev–Trinajstić information content (AvgIpc) is 3.00. The van der Waals surface area contributed by atoms with Gasteiger partial charge in [0.2, 0.25) is 0 Å². The highest BCUT2D eigenvalue weighted by Gasteiger charge is 2.77. The van der Waals surface area contributed by atoms with E-state index in [9.17, 15) is 24.3 Å². The quantitative estimate of drug-likeness (QED) is 0.301. The van der Waals surface area contributed by atoms with Crippen molar-refractivity contribution >= 4 is 31.8 Å². The predicted octanol–water partition coefficient (Wildman–Crippen LogP) is 5.20. The maximum atomic E-state index is 15.0. The Morgan fingerprint density at radius 2 is 1.67 bits per heavy atom. The molecule has 1 aromatic carbocycles. The molecule has 3 fully saturated rings. The molecule has 45 heavy (non-hydrogen) atoms. The van der Waals surface area contributed by atoms with Crippen molar-refractivity contribution < 1.29 is 42.9 Å². The average molecular weight is 641 g/mol. The SMILES string of the molecule is CC[Si](CC)(CC)O[C@H]1C[C@H]2OC[C@@]2(OC(C)=O)[C@H]2[C@H](OC(=O)c3ccccc3)[C@]3(O)CC(=O)[C@H](C)/C(=C/C(=O)[C@]12C)C3(C)C. The summed E-state index contributed by atoms with van der Waals surface area (Å²) in [6.45, 7) is 14.7. The number of ether oxygens (including phenoxy) is 3. The van der Waals surface area contributed by atoms with Crippen molar-refractivity contribution in [1.82, 2.24) is 0 Å². The van der Waals surface area contributed by atoms with Crippen molar-refractivity contribution in [2.75, 3.05) is 6.61 Å². The predicted molar refractivity (Wildman–Crippen MR) is 169 cm³/mol. The van der Waals surface area contributed by atoms with Gasteiger partial charge in [-0.05, 0) is 48.8 Å². The van der Waals surface area contributed by atoms with Crippen LogP contribution in [0.1, 0.15) is 78.6 Å². The fourth-order valence-corrected chi connectivity index (χ4v) is 11.7. The van der Waals surface area contributed by atoms with Crippen LogP contribution in [0.2, 0.25) is 18.1 Å². The fourth-order valence-electron chi connectivity index (χ4n) is 8.71. The van der Waals surface area contributed by atoms with Crippen LogP contribution in [-0.4, -0.2) is 73.0 Å². The molecule has 2 bridgehead atoms. The summed E-state index contributed by atoms with van der Waals surface area (Å²) in [7, 11) is -2.34. The molecule has 9 nitrogen and oxygen atoms in total. The molecule has 0 radical (unpaired) electrons. The highest BCUT2D eigenvalue weighted by Crippen LogP contribution is 2.64. The molecule has 0 unspecified atom stereocenters. The minimum absolute atomic E-state index is 0.0494. The zero-order valence-corrected chi connectivity index (χ0v) is 28.8. The van der Waals surface area contributed by atoms with E-state index in [-0.39, 0.29) is 30.2 Å². The molecule has 1 N–H and O–H groups in total. The summed E-state index contributed by atoms with van der Waals surface area (Å²) in [5, 5.41) is 13.0. The van der Waals surface area contributed by atoms with Gasteiger partial charge in [0.25, 0.3) is 0 Å². The van der Waals surface area contributed by atoms with E-state index in [0.717, 1.165) is 18.1 Å². The van der Waals surface area contributed by atoms with Gasteiger partial charge in [-0.3, -0.25) is 14.4 Å². The number of Topliss-reactive ketones (excluding diaryl/α,β-unsaturated/α-hetero) is 1. The maximum Gasteiger partial charge on any atom is 0.338 e. The van der Waals surface area contributed by atoms with Crippen LogP contribution in [0.4, 0.5) is 0 Å². The van der Waals surface area contributed by atoms with Gasteiger partial charge < -0.3 is 23.7 Å². The standard InChI is InChI=1S/C35H48O9Si/c1-9-45(10-2,11-3)44-27-18-28-34(20-41-28,43-22(5)36)29-30(42-31(39)23-15-13-12-14-16-23)35(40)19-25(37)21(4)24(32(35,6)7)17-26(38)33(27,29)8/h12-17,21,27-30,40H,9-11,18-20H2,1-8H3/b24-17-/t21-,27+,28-,29+,30+,33-,34+,35-/m1/s1. The molecule has 3 aliphatic carbocycles. The lowest BCUT2D eigenvalue weighted by Crippen LogP contribution is -2.81. The summed E-state index contributed by atoms with van der Waals surface area (Å²) in [4.78, 5) is 55.3. The number of esters is 2. The van der Waals surface area contributed by atoms with Crippen LogP contribution < -0.4 is 0 Å². The van der Waals surface area contributed by atoms with Crippen LogP contribution in [0.5, 0.6) is 0 Å². The van der Waals surface area contributed by atoms with Gasteiger partial charge in [0.15, 0.2) is 19.7 Å². The summed E-state index contributed by atoms with van der Waals surface area (Å²) in [5.74, 6) is -3.58. The van der Waals surface area contributed by atoms with Crippen molar-refractivity contribution in [3.63, 3.8) is 0 Å². The molecule has 10 heteroatoms. The van der Waals surface area contributed by atoms with Crippen LogP contribution in [0, 0.1) is 22.7 Å². The molecule has 0 amide bonds. The first-order chi connectivity index (χ1) is 21.1. The number of hydrogen-bond donors (Lipinski definition) is 1. The Morgan fingerprint density at radius 3 is 2.20 bits per heavy atom. The van der Waals surface area contributed by atoms with E-state index in [4.69, 9.17) is 18.6 Å². The monoisotopic (exact) mass is 640 g/mol. The number of ketones is 2. The van der Waals surface area contributed by atoms with Crippen LogP contribution in [0.25, 0.3) is 0 Å². The molecule has 1 heterocycles. The molecule has 2 saturated carbocycles. The molecule has 1 aromatic rings. The third kappa shape index (κ3) is 4.89. The zero-order chi connectivity index (χ0) is 33.2. The summed E-state index contributed by atoms with van der Waals surface area (Å²) in [6, 6.07) is 10.9. The van der Waals surface area contributed by atoms with Crippen LogP contribution in [0.3, 0.4) is 0 Å². The lowest BCUT2D eigenvalue weighted by molar-refractivity contribution is -0.341. The number of carbonyl (C=O) groups is 4. The molecule has 0 aromatic heterocycles. The number of benzene rings is 1. The Bertz CT molecular complexity index is 1390. The van der Waals surface area contributed by atoms with E-state index < -0.39 is 72.4 Å². The van der Waals surface area contributed by atoms with E-state index in [2.05, 4.69) is 20.8 Å². The van der Waals surface area contributed by atoms with Gasteiger partial charge in [-0.25, -0.2) is 4.79 Å². The second-order valence-corrected chi connectivity index (χ2v) is 19.0. The Balaban J connectivity index is 1.82. The van der Waals surface area contributed by atoms with Crippen LogP contribution >= 0.6 is 0 Å². The minimum Gasteiger partial charge on any atom is -0.455 e. The Labute approximate surface area is 267 Å². The van der Waals surface area contributed by atoms with E-state index in [1.165, 1.54) is 13.0 Å². The van der Waals surface area contributed by atoms with Crippen molar-refractivity contribution in [2.24, 2.45) is 22.7 Å². The van der Waals surface area contributed by atoms with Gasteiger partial charge >= 0.3 is 11.9 Å². The van der Waals surface area contributed by atoms with Crippen molar-refractivity contribution in [2.45, 2.75) is 116 Å². The Hall–Kier alpha value is -2.66. The van der Waals surface area contributed by atoms with E-state index in [1.54, 1.807) is 58.0 Å². The second-order valence-electron chi connectivity index (χ2n) is 14.3. The molecule has 0 spiro atoms. The molecular formula is C35H48O9Si. The molecule has 1 saturated heterocycles. The summed E-state index contributed by atoms with van der Waals surface area (Å²) in [6.07, 6.45) is -1.27. The van der Waals surface area contributed by atoms with E-state index >= 15 is 0 Å². The van der Waals surface area contributed by atoms with Crippen molar-refractivity contribution in [1.29, 1.82) is 0 Å².